The summed E-state index contributed by atoms with van der Waals surface area (Å²) < 4.78 is 38.2. The lowest BCUT2D eigenvalue weighted by Gasteiger charge is -2.25. The Hall–Kier alpha value is -8.72. The van der Waals surface area contributed by atoms with Crippen LogP contribution in [-0.4, -0.2) is 134 Å². The van der Waals surface area contributed by atoms with Crippen LogP contribution in [0.5, 0.6) is 0 Å². The van der Waals surface area contributed by atoms with Gasteiger partial charge in [-0.3, -0.25) is 19.2 Å². The van der Waals surface area contributed by atoms with Crippen molar-refractivity contribution >= 4 is 142 Å². The number of hydrogen-bond donors (Lipinski definition) is 0. The Kier molecular flexibility index (Phi) is 30.8. The highest BCUT2D eigenvalue weighted by Gasteiger charge is 2.31. The quantitative estimate of drug-likeness (QED) is 0.0293. The van der Waals surface area contributed by atoms with Gasteiger partial charge in [0.05, 0.1) is 60.9 Å². The zero-order valence-corrected chi connectivity index (χ0v) is 71.9. The molecular weight excluding hydrogens is 1610 g/mol. The van der Waals surface area contributed by atoms with E-state index in [1.165, 1.54) is 56.0 Å². The topological polar surface area (TPSA) is 204 Å². The minimum Gasteiger partial charge on any atom is -0.331 e. The third-order valence-electron chi connectivity index (χ3n) is 19.5. The summed E-state index contributed by atoms with van der Waals surface area (Å²) in [5, 5.41) is 0.873. The van der Waals surface area contributed by atoms with E-state index in [1.807, 2.05) is 84.9 Å². The van der Waals surface area contributed by atoms with Gasteiger partial charge in [0.1, 0.15) is 57.0 Å². The fourth-order valence-corrected chi connectivity index (χ4v) is 16.5. The molecule has 114 heavy (non-hydrogen) atoms. The number of fused-ring (bicyclic) bond motifs is 4. The molecule has 2 fully saturated rings. The first kappa shape index (κ1) is 86.1. The monoisotopic (exact) mass is 1710 g/mol. The summed E-state index contributed by atoms with van der Waals surface area (Å²) in [5.74, 6) is 4.02. The third-order valence-corrected chi connectivity index (χ3v) is 23.1. The van der Waals surface area contributed by atoms with Gasteiger partial charge >= 0.3 is 0 Å². The Morgan fingerprint density at radius 2 is 0.982 bits per heavy atom. The number of unbranched alkanes of at least 4 members (excludes halogenated alkanes) is 2. The van der Waals surface area contributed by atoms with Crippen molar-refractivity contribution in [2.45, 2.75) is 183 Å². The van der Waals surface area contributed by atoms with Gasteiger partial charge in [-0.2, -0.15) is 0 Å². The summed E-state index contributed by atoms with van der Waals surface area (Å²) in [5.41, 5.74) is 8.18. The number of hydrogen-bond acceptors (Lipinski definition) is 14. The lowest BCUT2D eigenvalue weighted by atomic mass is 10.1. The number of pyridine rings is 4. The molecule has 9 heterocycles. The molecule has 0 atom stereocenters. The number of halogens is 6. The van der Waals surface area contributed by atoms with E-state index in [9.17, 15) is 28.0 Å². The molecule has 12 aromatic rings. The van der Waals surface area contributed by atoms with Crippen molar-refractivity contribution < 1.29 is 28.0 Å². The summed E-state index contributed by atoms with van der Waals surface area (Å²) >= 11 is 25.0. The number of imidazole rings is 4. The maximum atomic E-state index is 14.6. The van der Waals surface area contributed by atoms with Crippen molar-refractivity contribution in [1.29, 1.82) is 0 Å². The van der Waals surface area contributed by atoms with E-state index < -0.39 is 5.82 Å². The second-order valence-electron chi connectivity index (χ2n) is 29.9. The molecule has 0 saturated heterocycles. The minimum absolute atomic E-state index is 0.0944. The first-order valence-electron chi connectivity index (χ1n) is 39.4. The van der Waals surface area contributed by atoms with Crippen LogP contribution in [0.3, 0.4) is 0 Å². The molecule has 14 rings (SSSR count). The van der Waals surface area contributed by atoms with E-state index in [2.05, 4.69) is 103 Å². The number of aromatic nitrogens is 12. The molecule has 602 valence electrons. The molecule has 2 saturated carbocycles. The summed E-state index contributed by atoms with van der Waals surface area (Å²) in [7, 11) is 0. The molecule has 9 aromatic heterocycles. The molecule has 0 spiro atoms. The maximum Gasteiger partial charge on any atom is 0.264 e. The van der Waals surface area contributed by atoms with E-state index in [0.29, 0.717) is 90.7 Å². The van der Waals surface area contributed by atoms with Crippen molar-refractivity contribution in [3.63, 3.8) is 0 Å². The Morgan fingerprint density at radius 3 is 1.41 bits per heavy atom. The molecule has 0 N–H and O–H groups in total. The van der Waals surface area contributed by atoms with Gasteiger partial charge in [-0.25, -0.2) is 48.7 Å². The predicted octanol–water partition coefficient (Wildman–Crippen LogP) is 20.9. The predicted molar refractivity (Wildman–Crippen MR) is 457 cm³/mol. The van der Waals surface area contributed by atoms with Gasteiger partial charge in [0, 0.05) is 87.7 Å². The number of rotatable bonds is 31. The van der Waals surface area contributed by atoms with Crippen molar-refractivity contribution in [1.82, 2.24) is 77.7 Å². The van der Waals surface area contributed by atoms with Gasteiger partial charge in [-0.1, -0.05) is 115 Å². The number of amides is 4. The summed E-state index contributed by atoms with van der Waals surface area (Å²) in [4.78, 5) is 98.0. The maximum absolute atomic E-state index is 14.6. The van der Waals surface area contributed by atoms with Crippen molar-refractivity contribution in [2.75, 3.05) is 32.4 Å². The lowest BCUT2D eigenvalue weighted by Crippen LogP contribution is -2.35. The SMILES string of the molecule is CCCCCN(Cc1nc2cccnc2n1CCC)C(=O)c1cccc(C)c1F.CCCN(Cc1nc2cccnc2n1CC1CC1)C(=O)c1ccc(F)c(Br)c1.CCCn1c(CN(CC(C)C)C(=O)c2c(Cl)cc(Cl)cc2Cl)nc2cccnc21.CSc1ccc(C(=O)N(Cc2nc3cccnc3n2CC2CC2)CC(C)C)s1. The van der Waals surface area contributed by atoms with Gasteiger partial charge in [-0.05, 0) is 207 Å². The molecule has 4 amide bonds. The molecule has 28 heteroatoms. The number of aryl methyl sites for hydroxylation is 3. The molecule has 20 nitrogen and oxygen atoms in total. The zero-order chi connectivity index (χ0) is 81.3. The highest BCUT2D eigenvalue weighted by Crippen LogP contribution is 2.36. The number of benzene rings is 3. The zero-order valence-electron chi connectivity index (χ0n) is 66.4. The standard InChI is InChI=1S/C23H29FN4O.C21H22BrFN4O.C21H23Cl3N4O.C21H26N4OS2/c1-4-6-7-15-27(23(29)18-11-8-10-17(3)21(18)24)16-20-26-19-12-9-13-25-22(19)28(20)14-5-2;1-2-10-26(21(28)15-7-8-17(23)16(22)11-15)13-19-25-18-4-3-9-24-20(18)27(19)12-14-5-6-14;1-4-8-28-18(26-17-6-5-7-25-20(17)28)12-27(11-13(2)3)21(29)19-15(23)9-14(22)10-16(19)24;1-14(2)11-24(21(26)17-8-9-19(27-3)28-17)13-18-23-16-5-4-10-22-20(16)25(18)12-15-6-7-15/h8-13H,4-7,14-16H2,1-3H3;3-4,7-9,11,14H,2,5-6,10,12-13H2,1H3;5-7,9-10,13H,4,8,11-12H2,1-3H3;4-5,8-10,14-15H,6-7,11-13H2,1-3H3. The van der Waals surface area contributed by atoms with E-state index in [4.69, 9.17) is 54.7 Å². The van der Waals surface area contributed by atoms with Gasteiger partial charge in [-0.15, -0.1) is 23.1 Å². The summed E-state index contributed by atoms with van der Waals surface area (Å²) in [6, 6.07) is 31.7. The number of carbonyl (C=O) groups is 4. The van der Waals surface area contributed by atoms with E-state index in [0.717, 1.165) is 142 Å². The minimum atomic E-state index is -0.443. The Bertz CT molecular complexity index is 5290. The highest BCUT2D eigenvalue weighted by molar-refractivity contribution is 9.10. The Balaban J connectivity index is 0.000000150. The molecule has 2 aliphatic carbocycles. The Morgan fingerprint density at radius 1 is 0.526 bits per heavy atom. The lowest BCUT2D eigenvalue weighted by molar-refractivity contribution is 0.0711. The largest absolute Gasteiger partial charge is 0.331 e. The van der Waals surface area contributed by atoms with Crippen LogP contribution < -0.4 is 0 Å². The van der Waals surface area contributed by atoms with Gasteiger partial charge < -0.3 is 37.9 Å². The van der Waals surface area contributed by atoms with Crippen molar-refractivity contribution in [2.24, 2.45) is 23.7 Å². The molecule has 0 radical (unpaired) electrons. The molecule has 0 bridgehead atoms. The summed E-state index contributed by atoms with van der Waals surface area (Å²) in [6.07, 6.45) is 19.8. The van der Waals surface area contributed by atoms with Crippen LogP contribution in [0, 0.1) is 42.2 Å². The smallest absolute Gasteiger partial charge is 0.264 e. The Labute approximate surface area is 697 Å². The number of nitrogens with zero attached hydrogens (tertiary/aromatic N) is 16. The molecule has 3 aromatic carbocycles. The first-order valence-corrected chi connectivity index (χ1v) is 43.3. The third kappa shape index (κ3) is 22.1. The van der Waals surface area contributed by atoms with Crippen LogP contribution in [-0.2, 0) is 52.4 Å². The normalized spacial score (nSPS) is 12.6. The van der Waals surface area contributed by atoms with Gasteiger partial charge in [0.25, 0.3) is 23.6 Å². The van der Waals surface area contributed by atoms with Crippen LogP contribution in [0.1, 0.15) is 189 Å². The summed E-state index contributed by atoms with van der Waals surface area (Å²) in [6.45, 7) is 25.9. The van der Waals surface area contributed by atoms with E-state index >= 15 is 0 Å². The first-order chi connectivity index (χ1) is 55.0. The average Bonchev–Trinajstić information content (AvgIpc) is 1.64. The van der Waals surface area contributed by atoms with E-state index in [1.54, 1.807) is 81.5 Å². The second kappa shape index (κ2) is 40.7. The van der Waals surface area contributed by atoms with Crippen LogP contribution in [0.2, 0.25) is 15.1 Å². The van der Waals surface area contributed by atoms with Crippen molar-refractivity contribution in [3.05, 3.63) is 216 Å². The molecule has 0 aliphatic heterocycles. The van der Waals surface area contributed by atoms with Crippen LogP contribution in [0.25, 0.3) is 44.7 Å². The van der Waals surface area contributed by atoms with Crippen LogP contribution >= 0.6 is 73.8 Å². The molecule has 0 unspecified atom stereocenters. The average molecular weight is 1710 g/mol. The number of carbonyl (C=O) groups excluding carboxylic acids is 4. The fourth-order valence-electron chi connectivity index (χ4n) is 13.7. The van der Waals surface area contributed by atoms with E-state index in [-0.39, 0.29) is 56.5 Å². The van der Waals surface area contributed by atoms with Crippen LogP contribution in [0.15, 0.2) is 143 Å². The highest BCUT2D eigenvalue weighted by atomic mass is 79.9. The second-order valence-corrected chi connectivity index (χ2v) is 34.2. The number of thioether (sulfide) groups is 1. The van der Waals surface area contributed by atoms with Crippen LogP contribution in [0.4, 0.5) is 8.78 Å². The van der Waals surface area contributed by atoms with Crippen molar-refractivity contribution in [3.8, 4) is 0 Å². The molecular formula is C86H100BrCl3F2N16O4S2. The van der Waals surface area contributed by atoms with Gasteiger partial charge in [0.15, 0.2) is 22.6 Å². The van der Waals surface area contributed by atoms with Gasteiger partial charge in [0.2, 0.25) is 0 Å². The number of thiophene rings is 1. The fraction of sp³-hybridized carbons (Fsp3) is 0.419. The molecule has 2 aliphatic rings.